The number of aromatic amines is 1. The van der Waals surface area contributed by atoms with Crippen molar-refractivity contribution >= 4 is 28.8 Å². The first-order valence-electron chi connectivity index (χ1n) is 6.90. The summed E-state index contributed by atoms with van der Waals surface area (Å²) in [5, 5.41) is 5.08. The van der Waals surface area contributed by atoms with E-state index in [1.165, 1.54) is 0 Å². The van der Waals surface area contributed by atoms with Crippen molar-refractivity contribution in [3.05, 3.63) is 41.1 Å². The van der Waals surface area contributed by atoms with Gasteiger partial charge in [-0.15, -0.1) is 5.10 Å². The Morgan fingerprint density at radius 2 is 2.05 bits per heavy atom. The van der Waals surface area contributed by atoms with Gasteiger partial charge in [0.05, 0.1) is 6.10 Å². The van der Waals surface area contributed by atoms with Crippen molar-refractivity contribution in [2.45, 2.75) is 26.9 Å². The molecule has 3 rings (SSSR count). The van der Waals surface area contributed by atoms with Crippen molar-refractivity contribution in [2.24, 2.45) is 5.10 Å². The summed E-state index contributed by atoms with van der Waals surface area (Å²) < 4.78 is 5.56. The molecule has 21 heavy (non-hydrogen) atoms. The number of hydrogen-bond donors (Lipinski definition) is 2. The molecule has 0 saturated carbocycles. The predicted molar refractivity (Wildman–Crippen MR) is 82.8 cm³/mol. The highest BCUT2D eigenvalue weighted by molar-refractivity contribution is 6.24. The van der Waals surface area contributed by atoms with Crippen molar-refractivity contribution in [1.82, 2.24) is 10.4 Å². The number of hydrogen-bond acceptors (Lipinski definition) is 3. The number of rotatable bonds is 2. The summed E-state index contributed by atoms with van der Waals surface area (Å²) in [5.41, 5.74) is 5.92. The van der Waals surface area contributed by atoms with E-state index < -0.39 is 0 Å². The Hall–Kier alpha value is -2.56. The van der Waals surface area contributed by atoms with Gasteiger partial charge >= 0.3 is 0 Å². The fraction of sp³-hybridized carbons (Fsp3) is 0.250. The largest absolute Gasteiger partial charge is 0.473 e. The predicted octanol–water partition coefficient (Wildman–Crippen LogP) is 2.73. The van der Waals surface area contributed by atoms with Crippen LogP contribution >= 0.6 is 0 Å². The summed E-state index contributed by atoms with van der Waals surface area (Å²) in [6, 6.07) is 8.04. The molecule has 5 heteroatoms. The lowest BCUT2D eigenvalue weighted by molar-refractivity contribution is -0.116. The Kier molecular flexibility index (Phi) is 3.25. The van der Waals surface area contributed by atoms with Crippen LogP contribution in [-0.2, 0) is 9.53 Å². The van der Waals surface area contributed by atoms with Gasteiger partial charge in [0.1, 0.15) is 5.57 Å². The summed E-state index contributed by atoms with van der Waals surface area (Å²) in [6.07, 6.45) is 1.75. The molecule has 0 radical (unpaired) electrons. The van der Waals surface area contributed by atoms with Crippen LogP contribution in [0.25, 0.3) is 17.0 Å². The van der Waals surface area contributed by atoms with E-state index in [0.717, 1.165) is 22.2 Å². The van der Waals surface area contributed by atoms with Crippen LogP contribution in [0.15, 0.2) is 34.9 Å². The number of para-hydroxylation sites is 1. The van der Waals surface area contributed by atoms with E-state index >= 15 is 0 Å². The second kappa shape index (κ2) is 5.09. The molecule has 2 aromatic rings. The molecule has 0 aliphatic carbocycles. The molecule has 1 aliphatic heterocycles. The first kappa shape index (κ1) is 13.4. The van der Waals surface area contributed by atoms with Gasteiger partial charge in [-0.3, -0.25) is 4.79 Å². The molecule has 1 aromatic carbocycles. The van der Waals surface area contributed by atoms with Crippen LogP contribution in [0.5, 0.6) is 0 Å². The maximum atomic E-state index is 11.9. The van der Waals surface area contributed by atoms with Crippen molar-refractivity contribution < 1.29 is 9.53 Å². The smallest absolute Gasteiger partial charge is 0.277 e. The van der Waals surface area contributed by atoms with E-state index in [-0.39, 0.29) is 12.0 Å². The van der Waals surface area contributed by atoms with Gasteiger partial charge < -0.3 is 9.72 Å². The number of carbonyl (C=O) groups is 1. The summed E-state index contributed by atoms with van der Waals surface area (Å²) in [4.78, 5) is 15.2. The van der Waals surface area contributed by atoms with E-state index in [2.05, 4.69) is 21.6 Å². The van der Waals surface area contributed by atoms with Crippen LogP contribution in [0.1, 0.15) is 25.1 Å². The van der Waals surface area contributed by atoms with Crippen LogP contribution < -0.4 is 5.43 Å². The quantitative estimate of drug-likeness (QED) is 0.832. The summed E-state index contributed by atoms with van der Waals surface area (Å²) >= 11 is 0. The van der Waals surface area contributed by atoms with Crippen molar-refractivity contribution in [3.63, 3.8) is 0 Å². The number of benzene rings is 1. The molecule has 0 atom stereocenters. The standard InChI is InChI=1S/C16H17N3O2/c1-9(2)21-16-12(15(20)18-19-16)8-14-10(3)11-6-4-5-7-13(11)17-14/h4-9,17H,1-3H3,(H,18,20)/b12-8-. The number of ether oxygens (including phenoxy) is 1. The molecule has 2 heterocycles. The molecule has 0 bridgehead atoms. The highest BCUT2D eigenvalue weighted by Gasteiger charge is 2.25. The fourth-order valence-corrected chi connectivity index (χ4v) is 2.35. The van der Waals surface area contributed by atoms with Gasteiger partial charge in [0.2, 0.25) is 5.90 Å². The molecule has 108 valence electrons. The SMILES string of the molecule is Cc1c(/C=C2/C(=O)NN=C2OC(C)C)[nH]c2ccccc12. The molecule has 1 aliphatic rings. The molecule has 1 amide bonds. The molecule has 1 aromatic heterocycles. The van der Waals surface area contributed by atoms with Crippen LogP contribution in [0.4, 0.5) is 0 Å². The van der Waals surface area contributed by atoms with E-state index in [0.29, 0.717) is 11.5 Å². The van der Waals surface area contributed by atoms with Gasteiger partial charge in [-0.1, -0.05) is 18.2 Å². The number of aromatic nitrogens is 1. The number of amides is 1. The van der Waals surface area contributed by atoms with Crippen LogP contribution in [0, 0.1) is 6.92 Å². The van der Waals surface area contributed by atoms with Gasteiger partial charge in [0, 0.05) is 16.6 Å². The Bertz CT molecular complexity index is 769. The first-order valence-corrected chi connectivity index (χ1v) is 6.90. The van der Waals surface area contributed by atoms with E-state index in [1.54, 1.807) is 6.08 Å². The Morgan fingerprint density at radius 3 is 2.76 bits per heavy atom. The number of hydrazone groups is 1. The van der Waals surface area contributed by atoms with Gasteiger partial charge in [-0.2, -0.15) is 0 Å². The van der Waals surface area contributed by atoms with Crippen LogP contribution in [-0.4, -0.2) is 22.9 Å². The minimum absolute atomic E-state index is 0.0383. The molecule has 0 spiro atoms. The molecular formula is C16H17N3O2. The van der Waals surface area contributed by atoms with E-state index in [4.69, 9.17) is 4.74 Å². The second-order valence-corrected chi connectivity index (χ2v) is 5.29. The fourth-order valence-electron chi connectivity index (χ4n) is 2.35. The normalized spacial score (nSPS) is 16.7. The van der Waals surface area contributed by atoms with Crippen LogP contribution in [0.3, 0.4) is 0 Å². The average Bonchev–Trinajstić information content (AvgIpc) is 2.94. The highest BCUT2D eigenvalue weighted by Crippen LogP contribution is 2.24. The third kappa shape index (κ3) is 2.42. The lowest BCUT2D eigenvalue weighted by atomic mass is 10.1. The number of nitrogens with zero attached hydrogens (tertiary/aromatic N) is 1. The minimum Gasteiger partial charge on any atom is -0.473 e. The van der Waals surface area contributed by atoms with Gasteiger partial charge in [-0.25, -0.2) is 5.43 Å². The number of carbonyl (C=O) groups excluding carboxylic acids is 1. The molecule has 5 nitrogen and oxygen atoms in total. The number of aryl methyl sites for hydroxylation is 1. The number of H-pyrrole nitrogens is 1. The zero-order valence-electron chi connectivity index (χ0n) is 12.2. The summed E-state index contributed by atoms with van der Waals surface area (Å²) in [5.74, 6) is 0.0942. The molecular weight excluding hydrogens is 266 g/mol. The molecule has 2 N–H and O–H groups in total. The Balaban J connectivity index is 2.04. The lowest BCUT2D eigenvalue weighted by Crippen LogP contribution is -2.16. The van der Waals surface area contributed by atoms with E-state index in [9.17, 15) is 4.79 Å². The van der Waals surface area contributed by atoms with Crippen molar-refractivity contribution in [3.8, 4) is 0 Å². The maximum absolute atomic E-state index is 11.9. The molecule has 0 fully saturated rings. The first-order chi connectivity index (χ1) is 10.1. The van der Waals surface area contributed by atoms with E-state index in [1.807, 2.05) is 39.0 Å². The summed E-state index contributed by atoms with van der Waals surface area (Å²) in [7, 11) is 0. The average molecular weight is 283 g/mol. The third-order valence-electron chi connectivity index (χ3n) is 3.37. The zero-order valence-corrected chi connectivity index (χ0v) is 12.2. The maximum Gasteiger partial charge on any atom is 0.277 e. The second-order valence-electron chi connectivity index (χ2n) is 5.29. The molecule has 0 unspecified atom stereocenters. The minimum atomic E-state index is -0.247. The van der Waals surface area contributed by atoms with Crippen LogP contribution in [0.2, 0.25) is 0 Å². The topological polar surface area (TPSA) is 66.5 Å². The van der Waals surface area contributed by atoms with Crippen molar-refractivity contribution in [1.29, 1.82) is 0 Å². The zero-order chi connectivity index (χ0) is 15.0. The van der Waals surface area contributed by atoms with Gasteiger partial charge in [0.25, 0.3) is 5.91 Å². The monoisotopic (exact) mass is 283 g/mol. The summed E-state index contributed by atoms with van der Waals surface area (Å²) in [6.45, 7) is 5.83. The number of nitrogens with one attached hydrogen (secondary N) is 2. The Labute approximate surface area is 122 Å². The highest BCUT2D eigenvalue weighted by atomic mass is 16.5. The van der Waals surface area contributed by atoms with Crippen molar-refractivity contribution in [2.75, 3.05) is 0 Å². The van der Waals surface area contributed by atoms with Gasteiger partial charge in [-0.05, 0) is 38.5 Å². The molecule has 0 saturated heterocycles. The third-order valence-corrected chi connectivity index (χ3v) is 3.37. The Morgan fingerprint density at radius 1 is 1.29 bits per heavy atom. The van der Waals surface area contributed by atoms with Gasteiger partial charge in [0.15, 0.2) is 0 Å². The number of fused-ring (bicyclic) bond motifs is 1. The lowest BCUT2D eigenvalue weighted by Gasteiger charge is -2.08.